The van der Waals surface area contributed by atoms with E-state index in [9.17, 15) is 14.4 Å². The SMILES string of the molecule is CC(C)[C@H](NC(=O)c1ccco1)C(=O)O[C@H](C)C(=O)Nc1ccccc1Cl. The van der Waals surface area contributed by atoms with E-state index >= 15 is 0 Å². The van der Waals surface area contributed by atoms with Crippen LogP contribution in [0.4, 0.5) is 5.69 Å². The van der Waals surface area contributed by atoms with Crippen molar-refractivity contribution in [2.45, 2.75) is 32.9 Å². The summed E-state index contributed by atoms with van der Waals surface area (Å²) in [6, 6.07) is 8.84. The number of carbonyl (C=O) groups is 3. The molecule has 0 saturated heterocycles. The second kappa shape index (κ2) is 9.23. The van der Waals surface area contributed by atoms with Gasteiger partial charge in [-0.2, -0.15) is 0 Å². The van der Waals surface area contributed by atoms with Crippen molar-refractivity contribution in [2.24, 2.45) is 5.92 Å². The Kier molecular flexibility index (Phi) is 7.01. The van der Waals surface area contributed by atoms with E-state index in [-0.39, 0.29) is 11.7 Å². The number of amides is 2. The van der Waals surface area contributed by atoms with Crippen LogP contribution in [-0.4, -0.2) is 29.9 Å². The first kappa shape index (κ1) is 20.5. The van der Waals surface area contributed by atoms with Crippen LogP contribution in [0.25, 0.3) is 0 Å². The zero-order valence-electron chi connectivity index (χ0n) is 15.2. The fourth-order valence-corrected chi connectivity index (χ4v) is 2.40. The van der Waals surface area contributed by atoms with Gasteiger partial charge in [-0.3, -0.25) is 9.59 Å². The average Bonchev–Trinajstić information content (AvgIpc) is 3.15. The number of esters is 1. The zero-order valence-corrected chi connectivity index (χ0v) is 15.9. The quantitative estimate of drug-likeness (QED) is 0.705. The normalized spacial score (nSPS) is 12.9. The second-order valence-electron chi connectivity index (χ2n) is 6.22. The summed E-state index contributed by atoms with van der Waals surface area (Å²) in [7, 11) is 0. The van der Waals surface area contributed by atoms with Crippen LogP contribution in [-0.2, 0) is 14.3 Å². The van der Waals surface area contributed by atoms with Gasteiger partial charge in [-0.05, 0) is 37.1 Å². The summed E-state index contributed by atoms with van der Waals surface area (Å²) in [4.78, 5) is 36.8. The van der Waals surface area contributed by atoms with Crippen LogP contribution >= 0.6 is 11.6 Å². The highest BCUT2D eigenvalue weighted by Crippen LogP contribution is 2.20. The molecule has 1 heterocycles. The molecule has 1 aromatic carbocycles. The minimum Gasteiger partial charge on any atom is -0.459 e. The Bertz CT molecular complexity index is 804. The van der Waals surface area contributed by atoms with Crippen molar-refractivity contribution < 1.29 is 23.5 Å². The van der Waals surface area contributed by atoms with E-state index in [4.69, 9.17) is 20.8 Å². The van der Waals surface area contributed by atoms with E-state index in [1.54, 1.807) is 44.2 Å². The largest absolute Gasteiger partial charge is 0.459 e. The average molecular weight is 393 g/mol. The molecule has 0 fully saturated rings. The number of hydrogen-bond donors (Lipinski definition) is 2. The van der Waals surface area contributed by atoms with Gasteiger partial charge in [-0.15, -0.1) is 0 Å². The Balaban J connectivity index is 1.98. The summed E-state index contributed by atoms with van der Waals surface area (Å²) in [5, 5.41) is 5.53. The lowest BCUT2D eigenvalue weighted by atomic mass is 10.0. The van der Waals surface area contributed by atoms with Gasteiger partial charge < -0.3 is 19.8 Å². The molecule has 8 heteroatoms. The number of anilines is 1. The molecule has 1 aromatic heterocycles. The Hall–Kier alpha value is -2.80. The highest BCUT2D eigenvalue weighted by molar-refractivity contribution is 6.33. The van der Waals surface area contributed by atoms with Gasteiger partial charge in [0.15, 0.2) is 11.9 Å². The molecule has 0 saturated carbocycles. The predicted octanol–water partition coefficient (Wildman–Crippen LogP) is 3.26. The summed E-state index contributed by atoms with van der Waals surface area (Å²) in [5.41, 5.74) is 0.415. The molecular formula is C19H21ClN2O5. The summed E-state index contributed by atoms with van der Waals surface area (Å²) >= 11 is 6.00. The molecule has 2 atom stereocenters. The van der Waals surface area contributed by atoms with Crippen LogP contribution < -0.4 is 10.6 Å². The number of carbonyl (C=O) groups excluding carboxylic acids is 3. The van der Waals surface area contributed by atoms with Gasteiger partial charge in [0.25, 0.3) is 11.8 Å². The number of ether oxygens (including phenoxy) is 1. The maximum Gasteiger partial charge on any atom is 0.329 e. The summed E-state index contributed by atoms with van der Waals surface area (Å²) in [6.07, 6.45) is 0.286. The third-order valence-corrected chi connectivity index (χ3v) is 4.08. The van der Waals surface area contributed by atoms with E-state index in [0.717, 1.165) is 0 Å². The van der Waals surface area contributed by atoms with Gasteiger partial charge in [-0.1, -0.05) is 37.6 Å². The zero-order chi connectivity index (χ0) is 20.0. The molecule has 0 unspecified atom stereocenters. The predicted molar refractivity (Wildman–Crippen MR) is 100 cm³/mol. The number of nitrogens with one attached hydrogen (secondary N) is 2. The molecule has 0 aliphatic rings. The van der Waals surface area contributed by atoms with Crippen LogP contribution in [0.15, 0.2) is 47.1 Å². The summed E-state index contributed by atoms with van der Waals surface area (Å²) in [5.74, 6) is -1.96. The number of furan rings is 1. The second-order valence-corrected chi connectivity index (χ2v) is 6.63. The molecule has 2 aromatic rings. The van der Waals surface area contributed by atoms with E-state index in [1.165, 1.54) is 19.3 Å². The molecule has 0 aliphatic heterocycles. The van der Waals surface area contributed by atoms with Crippen LogP contribution in [0, 0.1) is 5.92 Å². The molecule has 2 rings (SSSR count). The van der Waals surface area contributed by atoms with Gasteiger partial charge >= 0.3 is 5.97 Å². The third kappa shape index (κ3) is 5.59. The molecule has 0 aliphatic carbocycles. The lowest BCUT2D eigenvalue weighted by Gasteiger charge is -2.22. The smallest absolute Gasteiger partial charge is 0.329 e. The van der Waals surface area contributed by atoms with Gasteiger partial charge in [0.1, 0.15) is 6.04 Å². The van der Waals surface area contributed by atoms with Crippen molar-refractivity contribution in [1.29, 1.82) is 0 Å². The fraction of sp³-hybridized carbons (Fsp3) is 0.316. The van der Waals surface area contributed by atoms with Crippen molar-refractivity contribution in [1.82, 2.24) is 5.32 Å². The molecule has 144 valence electrons. The maximum atomic E-state index is 12.5. The van der Waals surface area contributed by atoms with Crippen molar-refractivity contribution in [3.8, 4) is 0 Å². The number of hydrogen-bond acceptors (Lipinski definition) is 5. The first-order valence-corrected chi connectivity index (χ1v) is 8.77. The molecule has 0 spiro atoms. The highest BCUT2D eigenvalue weighted by Gasteiger charge is 2.30. The highest BCUT2D eigenvalue weighted by atomic mass is 35.5. The Morgan fingerprint density at radius 1 is 1.07 bits per heavy atom. The van der Waals surface area contributed by atoms with E-state index in [2.05, 4.69) is 10.6 Å². The van der Waals surface area contributed by atoms with Crippen LogP contribution in [0.5, 0.6) is 0 Å². The van der Waals surface area contributed by atoms with Crippen LogP contribution in [0.3, 0.4) is 0 Å². The minimum absolute atomic E-state index is 0.0814. The molecule has 27 heavy (non-hydrogen) atoms. The van der Waals surface area contributed by atoms with Crippen molar-refractivity contribution in [3.63, 3.8) is 0 Å². The van der Waals surface area contributed by atoms with Crippen molar-refractivity contribution in [3.05, 3.63) is 53.4 Å². The van der Waals surface area contributed by atoms with Crippen LogP contribution in [0.1, 0.15) is 31.3 Å². The molecule has 2 N–H and O–H groups in total. The topological polar surface area (TPSA) is 97.6 Å². The molecule has 7 nitrogen and oxygen atoms in total. The monoisotopic (exact) mass is 392 g/mol. The molecule has 2 amide bonds. The third-order valence-electron chi connectivity index (χ3n) is 3.75. The summed E-state index contributed by atoms with van der Waals surface area (Å²) in [6.45, 7) is 4.95. The number of benzene rings is 1. The molecule has 0 bridgehead atoms. The minimum atomic E-state index is -1.07. The maximum absolute atomic E-state index is 12.5. The Morgan fingerprint density at radius 3 is 2.37 bits per heavy atom. The standard InChI is InChI=1S/C19H21ClN2O5/c1-11(2)16(22-18(24)15-9-6-10-26-15)19(25)27-12(3)17(23)21-14-8-5-4-7-13(14)20/h4-12,16H,1-3H3,(H,21,23)(H,22,24)/t12-,16+/m1/s1. The lowest BCUT2D eigenvalue weighted by molar-refractivity contribution is -0.156. The summed E-state index contributed by atoms with van der Waals surface area (Å²) < 4.78 is 10.2. The molecule has 0 radical (unpaired) electrons. The first-order chi connectivity index (χ1) is 12.8. The van der Waals surface area contributed by atoms with Crippen molar-refractivity contribution in [2.75, 3.05) is 5.32 Å². The number of halogens is 1. The van der Waals surface area contributed by atoms with E-state index in [1.807, 2.05) is 0 Å². The Morgan fingerprint density at radius 2 is 1.78 bits per heavy atom. The molecular weight excluding hydrogens is 372 g/mol. The van der Waals surface area contributed by atoms with E-state index in [0.29, 0.717) is 10.7 Å². The van der Waals surface area contributed by atoms with Gasteiger partial charge in [0, 0.05) is 0 Å². The van der Waals surface area contributed by atoms with Gasteiger partial charge in [0.2, 0.25) is 0 Å². The van der Waals surface area contributed by atoms with Crippen LogP contribution in [0.2, 0.25) is 5.02 Å². The Labute approximate surface area is 162 Å². The van der Waals surface area contributed by atoms with Gasteiger partial charge in [-0.25, -0.2) is 4.79 Å². The van der Waals surface area contributed by atoms with Crippen molar-refractivity contribution >= 4 is 35.1 Å². The number of rotatable bonds is 7. The van der Waals surface area contributed by atoms with Gasteiger partial charge in [0.05, 0.1) is 17.0 Å². The lowest BCUT2D eigenvalue weighted by Crippen LogP contribution is -2.47. The first-order valence-electron chi connectivity index (χ1n) is 8.40. The fourth-order valence-electron chi connectivity index (χ4n) is 2.22. The van der Waals surface area contributed by atoms with E-state index < -0.39 is 29.9 Å². The number of para-hydroxylation sites is 1.